The predicted octanol–water partition coefficient (Wildman–Crippen LogP) is 6.31. The SMILES string of the molecule is c1ccc(Cc2cn(C(c3ccccc3)(c3ccccc3)c3ccccc3)cn2)cc1. The molecule has 5 rings (SSSR count). The van der Waals surface area contributed by atoms with Crippen LogP contribution in [-0.4, -0.2) is 9.55 Å². The van der Waals surface area contributed by atoms with Gasteiger partial charge in [-0.3, -0.25) is 0 Å². The molecule has 0 N–H and O–H groups in total. The number of imidazole rings is 1. The van der Waals surface area contributed by atoms with E-state index in [1.54, 1.807) is 0 Å². The fraction of sp³-hybridized carbons (Fsp3) is 0.0690. The monoisotopic (exact) mass is 400 g/mol. The molecular weight excluding hydrogens is 376 g/mol. The van der Waals surface area contributed by atoms with Crippen LogP contribution in [0.2, 0.25) is 0 Å². The second-order valence-electron chi connectivity index (χ2n) is 7.74. The van der Waals surface area contributed by atoms with E-state index in [1.807, 2.05) is 12.4 Å². The summed E-state index contributed by atoms with van der Waals surface area (Å²) in [5.74, 6) is 0. The van der Waals surface area contributed by atoms with Gasteiger partial charge in [0.25, 0.3) is 0 Å². The fourth-order valence-electron chi connectivity index (χ4n) is 4.43. The average Bonchev–Trinajstić information content (AvgIpc) is 3.31. The number of hydrogen-bond donors (Lipinski definition) is 0. The van der Waals surface area contributed by atoms with E-state index in [0.717, 1.165) is 12.1 Å². The van der Waals surface area contributed by atoms with Gasteiger partial charge in [-0.2, -0.15) is 0 Å². The largest absolute Gasteiger partial charge is 0.319 e. The Bertz CT molecular complexity index is 1130. The smallest absolute Gasteiger partial charge is 0.121 e. The molecule has 4 aromatic carbocycles. The molecule has 0 atom stereocenters. The van der Waals surface area contributed by atoms with E-state index in [2.05, 4.69) is 126 Å². The van der Waals surface area contributed by atoms with Crippen molar-refractivity contribution in [3.8, 4) is 0 Å². The van der Waals surface area contributed by atoms with E-state index in [9.17, 15) is 0 Å². The lowest BCUT2D eigenvalue weighted by Crippen LogP contribution is -2.36. The van der Waals surface area contributed by atoms with Crippen LogP contribution in [0.1, 0.15) is 27.9 Å². The molecule has 0 unspecified atom stereocenters. The Kier molecular flexibility index (Phi) is 5.20. The molecule has 0 saturated carbocycles. The van der Waals surface area contributed by atoms with Gasteiger partial charge >= 0.3 is 0 Å². The molecular formula is C29H24N2. The Morgan fingerprint density at radius 2 is 0.968 bits per heavy atom. The standard InChI is InChI=1S/C29H24N2/c1-5-13-24(14-6-1)21-28-22-31(23-30-28)29(25-15-7-2-8-16-25,26-17-9-3-10-18-26)27-19-11-4-12-20-27/h1-20,22-23H,21H2. The highest BCUT2D eigenvalue weighted by Crippen LogP contribution is 2.40. The van der Waals surface area contributed by atoms with Crippen molar-refractivity contribution in [2.45, 2.75) is 12.0 Å². The van der Waals surface area contributed by atoms with Crippen LogP contribution in [0.5, 0.6) is 0 Å². The van der Waals surface area contributed by atoms with Gasteiger partial charge in [-0.1, -0.05) is 121 Å². The van der Waals surface area contributed by atoms with Crippen molar-refractivity contribution >= 4 is 0 Å². The highest BCUT2D eigenvalue weighted by atomic mass is 15.1. The minimum Gasteiger partial charge on any atom is -0.319 e. The number of aromatic nitrogens is 2. The molecule has 1 aromatic heterocycles. The summed E-state index contributed by atoms with van der Waals surface area (Å²) in [5, 5.41) is 0. The topological polar surface area (TPSA) is 17.8 Å². The first-order valence-electron chi connectivity index (χ1n) is 10.6. The van der Waals surface area contributed by atoms with E-state index >= 15 is 0 Å². The second-order valence-corrected chi connectivity index (χ2v) is 7.74. The minimum atomic E-state index is -0.508. The van der Waals surface area contributed by atoms with E-state index < -0.39 is 5.54 Å². The molecule has 0 aliphatic carbocycles. The molecule has 0 bridgehead atoms. The normalized spacial score (nSPS) is 11.4. The molecule has 2 nitrogen and oxygen atoms in total. The summed E-state index contributed by atoms with van der Waals surface area (Å²) < 4.78 is 2.27. The van der Waals surface area contributed by atoms with Gasteiger partial charge in [0.05, 0.1) is 12.0 Å². The van der Waals surface area contributed by atoms with Gasteiger partial charge in [0.15, 0.2) is 0 Å². The zero-order valence-corrected chi connectivity index (χ0v) is 17.3. The highest BCUT2D eigenvalue weighted by Gasteiger charge is 2.38. The Morgan fingerprint density at radius 1 is 0.548 bits per heavy atom. The Hall–Kier alpha value is -3.91. The van der Waals surface area contributed by atoms with E-state index in [1.165, 1.54) is 22.3 Å². The van der Waals surface area contributed by atoms with Crippen molar-refractivity contribution in [3.63, 3.8) is 0 Å². The number of hydrogen-bond acceptors (Lipinski definition) is 1. The maximum Gasteiger partial charge on any atom is 0.121 e. The molecule has 0 amide bonds. The molecule has 0 saturated heterocycles. The minimum absolute atomic E-state index is 0.508. The van der Waals surface area contributed by atoms with Crippen LogP contribution >= 0.6 is 0 Å². The number of rotatable bonds is 6. The molecule has 0 aliphatic heterocycles. The van der Waals surface area contributed by atoms with Gasteiger partial charge < -0.3 is 4.57 Å². The Morgan fingerprint density at radius 3 is 1.42 bits per heavy atom. The third kappa shape index (κ3) is 3.57. The summed E-state index contributed by atoms with van der Waals surface area (Å²) in [6, 6.07) is 42.6. The third-order valence-corrected chi connectivity index (χ3v) is 5.83. The van der Waals surface area contributed by atoms with Crippen molar-refractivity contribution in [1.82, 2.24) is 9.55 Å². The van der Waals surface area contributed by atoms with E-state index in [-0.39, 0.29) is 0 Å². The maximum atomic E-state index is 4.82. The molecule has 31 heavy (non-hydrogen) atoms. The highest BCUT2D eigenvalue weighted by molar-refractivity contribution is 5.50. The van der Waals surface area contributed by atoms with Crippen molar-refractivity contribution in [2.24, 2.45) is 0 Å². The summed E-state index contributed by atoms with van der Waals surface area (Å²) in [6.07, 6.45) is 4.98. The summed E-state index contributed by atoms with van der Waals surface area (Å²) in [6.45, 7) is 0. The fourth-order valence-corrected chi connectivity index (χ4v) is 4.43. The first-order chi connectivity index (χ1) is 15.4. The molecule has 5 aromatic rings. The maximum absolute atomic E-state index is 4.82. The molecule has 0 radical (unpaired) electrons. The number of benzene rings is 4. The molecule has 0 fully saturated rings. The summed E-state index contributed by atoms with van der Waals surface area (Å²) in [5.41, 5.74) is 5.42. The van der Waals surface area contributed by atoms with Crippen LogP contribution in [-0.2, 0) is 12.0 Å². The first-order valence-corrected chi connectivity index (χ1v) is 10.6. The second kappa shape index (κ2) is 8.45. The third-order valence-electron chi connectivity index (χ3n) is 5.83. The van der Waals surface area contributed by atoms with Crippen molar-refractivity contribution < 1.29 is 0 Å². The molecule has 2 heteroatoms. The zero-order valence-electron chi connectivity index (χ0n) is 17.3. The van der Waals surface area contributed by atoms with Crippen molar-refractivity contribution in [1.29, 1.82) is 0 Å². The van der Waals surface area contributed by atoms with Gasteiger partial charge in [-0.05, 0) is 22.3 Å². The van der Waals surface area contributed by atoms with Gasteiger partial charge in [-0.25, -0.2) is 4.98 Å². The lowest BCUT2D eigenvalue weighted by molar-refractivity contribution is 0.514. The first kappa shape index (κ1) is 19.1. The Labute approximate surface area is 183 Å². The molecule has 1 heterocycles. The van der Waals surface area contributed by atoms with E-state index in [4.69, 9.17) is 4.98 Å². The molecule has 150 valence electrons. The van der Waals surface area contributed by atoms with Crippen LogP contribution < -0.4 is 0 Å². The average molecular weight is 401 g/mol. The summed E-state index contributed by atoms with van der Waals surface area (Å²) in [4.78, 5) is 4.82. The van der Waals surface area contributed by atoms with Crippen LogP contribution in [0.3, 0.4) is 0 Å². The van der Waals surface area contributed by atoms with Gasteiger partial charge in [0.1, 0.15) is 5.54 Å². The Balaban J connectivity index is 1.73. The van der Waals surface area contributed by atoms with Gasteiger partial charge in [-0.15, -0.1) is 0 Å². The quantitative estimate of drug-likeness (QED) is 0.305. The summed E-state index contributed by atoms with van der Waals surface area (Å²) in [7, 11) is 0. The van der Waals surface area contributed by atoms with Gasteiger partial charge in [0.2, 0.25) is 0 Å². The van der Waals surface area contributed by atoms with Gasteiger partial charge in [0, 0.05) is 12.6 Å². The van der Waals surface area contributed by atoms with Crippen molar-refractivity contribution in [2.75, 3.05) is 0 Å². The van der Waals surface area contributed by atoms with E-state index in [0.29, 0.717) is 0 Å². The predicted molar refractivity (Wildman–Crippen MR) is 126 cm³/mol. The zero-order chi connectivity index (χ0) is 20.9. The van der Waals surface area contributed by atoms with Crippen LogP contribution in [0.15, 0.2) is 134 Å². The molecule has 0 aliphatic rings. The lowest BCUT2D eigenvalue weighted by Gasteiger charge is -2.37. The van der Waals surface area contributed by atoms with Crippen LogP contribution in [0.25, 0.3) is 0 Å². The lowest BCUT2D eigenvalue weighted by atomic mass is 9.77. The van der Waals surface area contributed by atoms with Crippen molar-refractivity contribution in [3.05, 3.63) is 162 Å². The molecule has 0 spiro atoms. The van der Waals surface area contributed by atoms with Crippen LogP contribution in [0, 0.1) is 0 Å². The summed E-state index contributed by atoms with van der Waals surface area (Å²) >= 11 is 0. The number of nitrogens with zero attached hydrogens (tertiary/aromatic N) is 2. The van der Waals surface area contributed by atoms with Crippen LogP contribution in [0.4, 0.5) is 0 Å².